The Balaban J connectivity index is 2.00. The summed E-state index contributed by atoms with van der Waals surface area (Å²) in [6.45, 7) is 0. The van der Waals surface area contributed by atoms with E-state index >= 15 is 0 Å². The first-order valence-electron chi connectivity index (χ1n) is 5.22. The molecule has 0 amide bonds. The van der Waals surface area contributed by atoms with Crippen LogP contribution in [0.5, 0.6) is 0 Å². The van der Waals surface area contributed by atoms with Crippen LogP contribution in [-0.4, -0.2) is 16.1 Å². The van der Waals surface area contributed by atoms with Crippen molar-refractivity contribution in [2.75, 3.05) is 0 Å². The number of rotatable bonds is 4. The third-order valence-electron chi connectivity index (χ3n) is 2.26. The molecule has 0 aliphatic rings. The summed E-state index contributed by atoms with van der Waals surface area (Å²) in [7, 11) is 0. The summed E-state index contributed by atoms with van der Waals surface area (Å²) >= 11 is 5.00. The van der Waals surface area contributed by atoms with Gasteiger partial charge in [-0.3, -0.25) is 0 Å². The minimum atomic E-state index is -0.953. The standard InChI is InChI=1S/C13H10BrNO2S/c14-11-3-1-2-9(6-11)8-18-12-5-4-10(7-15-12)13(16)17/h1-7H,8H2,(H,16,17). The predicted octanol–water partition coefficient (Wildman–Crippen LogP) is 3.83. The lowest BCUT2D eigenvalue weighted by Crippen LogP contribution is -1.96. The minimum Gasteiger partial charge on any atom is -0.478 e. The van der Waals surface area contributed by atoms with E-state index in [1.54, 1.807) is 23.9 Å². The van der Waals surface area contributed by atoms with Crippen molar-refractivity contribution in [2.24, 2.45) is 0 Å². The molecule has 0 aliphatic carbocycles. The van der Waals surface area contributed by atoms with Crippen LogP contribution in [0.1, 0.15) is 15.9 Å². The van der Waals surface area contributed by atoms with Crippen LogP contribution >= 0.6 is 27.7 Å². The van der Waals surface area contributed by atoms with Crippen LogP contribution < -0.4 is 0 Å². The fourth-order valence-electron chi connectivity index (χ4n) is 1.38. The number of pyridine rings is 1. The Kier molecular flexibility index (Phi) is 4.38. The number of aromatic nitrogens is 1. The number of benzene rings is 1. The summed E-state index contributed by atoms with van der Waals surface area (Å²) in [5.41, 5.74) is 1.40. The second-order valence-corrected chi connectivity index (χ2v) is 5.52. The fraction of sp³-hybridized carbons (Fsp3) is 0.0769. The van der Waals surface area contributed by atoms with Gasteiger partial charge in [-0.05, 0) is 29.8 Å². The zero-order valence-corrected chi connectivity index (χ0v) is 11.7. The van der Waals surface area contributed by atoms with Crippen molar-refractivity contribution in [3.8, 4) is 0 Å². The number of carboxylic acids is 1. The van der Waals surface area contributed by atoms with Gasteiger partial charge in [0.25, 0.3) is 0 Å². The number of thioether (sulfide) groups is 1. The molecule has 3 nitrogen and oxygen atoms in total. The molecule has 1 heterocycles. The average molecular weight is 324 g/mol. The van der Waals surface area contributed by atoms with Gasteiger partial charge in [0.15, 0.2) is 0 Å². The summed E-state index contributed by atoms with van der Waals surface area (Å²) in [6.07, 6.45) is 1.38. The number of hydrogen-bond donors (Lipinski definition) is 1. The van der Waals surface area contributed by atoms with Crippen molar-refractivity contribution in [1.29, 1.82) is 0 Å². The number of halogens is 1. The molecule has 0 bridgehead atoms. The Morgan fingerprint density at radius 1 is 1.33 bits per heavy atom. The molecule has 1 N–H and O–H groups in total. The van der Waals surface area contributed by atoms with Crippen molar-refractivity contribution in [1.82, 2.24) is 4.98 Å². The lowest BCUT2D eigenvalue weighted by molar-refractivity contribution is 0.0696. The number of hydrogen-bond acceptors (Lipinski definition) is 3. The van der Waals surface area contributed by atoms with Gasteiger partial charge >= 0.3 is 5.97 Å². The molecular formula is C13H10BrNO2S. The smallest absolute Gasteiger partial charge is 0.337 e. The SMILES string of the molecule is O=C(O)c1ccc(SCc2cccc(Br)c2)nc1. The maximum absolute atomic E-state index is 10.7. The van der Waals surface area contributed by atoms with E-state index in [-0.39, 0.29) is 5.56 Å². The zero-order chi connectivity index (χ0) is 13.0. The first-order valence-corrected chi connectivity index (χ1v) is 6.99. The highest BCUT2D eigenvalue weighted by Gasteiger charge is 2.03. The van der Waals surface area contributed by atoms with E-state index in [4.69, 9.17) is 5.11 Å². The average Bonchev–Trinajstić information content (AvgIpc) is 2.37. The molecule has 18 heavy (non-hydrogen) atoms. The number of aromatic carboxylic acids is 1. The van der Waals surface area contributed by atoms with Gasteiger partial charge in [-0.1, -0.05) is 28.1 Å². The van der Waals surface area contributed by atoms with Gasteiger partial charge in [0, 0.05) is 16.4 Å². The van der Waals surface area contributed by atoms with E-state index in [1.807, 2.05) is 18.2 Å². The molecule has 0 spiro atoms. The monoisotopic (exact) mass is 323 g/mol. The van der Waals surface area contributed by atoms with E-state index in [0.29, 0.717) is 0 Å². The molecule has 2 rings (SSSR count). The van der Waals surface area contributed by atoms with Gasteiger partial charge in [-0.2, -0.15) is 0 Å². The van der Waals surface area contributed by atoms with Crippen molar-refractivity contribution in [2.45, 2.75) is 10.8 Å². The lowest BCUT2D eigenvalue weighted by Gasteiger charge is -2.02. The molecule has 1 aromatic carbocycles. The molecule has 92 valence electrons. The van der Waals surface area contributed by atoms with E-state index < -0.39 is 5.97 Å². The molecule has 0 saturated carbocycles. The number of carboxylic acid groups (broad SMARTS) is 1. The van der Waals surface area contributed by atoms with Crippen molar-refractivity contribution < 1.29 is 9.90 Å². The second kappa shape index (κ2) is 6.02. The van der Waals surface area contributed by atoms with Gasteiger partial charge in [-0.15, -0.1) is 11.8 Å². The Labute approximate surface area is 117 Å². The lowest BCUT2D eigenvalue weighted by atomic mass is 10.2. The minimum absolute atomic E-state index is 0.210. The van der Waals surface area contributed by atoms with Gasteiger partial charge in [-0.25, -0.2) is 9.78 Å². The van der Waals surface area contributed by atoms with Crippen molar-refractivity contribution >= 4 is 33.7 Å². The number of nitrogens with zero attached hydrogens (tertiary/aromatic N) is 1. The van der Waals surface area contributed by atoms with Gasteiger partial charge in [0.1, 0.15) is 0 Å². The highest BCUT2D eigenvalue weighted by molar-refractivity contribution is 9.10. The molecule has 0 aliphatic heterocycles. The topological polar surface area (TPSA) is 50.2 Å². The molecule has 0 unspecified atom stereocenters. The molecule has 0 radical (unpaired) electrons. The molecule has 0 atom stereocenters. The van der Waals surface area contributed by atoms with E-state index in [1.165, 1.54) is 11.8 Å². The summed E-state index contributed by atoms with van der Waals surface area (Å²) in [6, 6.07) is 11.4. The molecule has 2 aromatic rings. The highest BCUT2D eigenvalue weighted by atomic mass is 79.9. The van der Waals surface area contributed by atoms with Crippen LogP contribution in [0, 0.1) is 0 Å². The van der Waals surface area contributed by atoms with Crippen LogP contribution in [0.2, 0.25) is 0 Å². The predicted molar refractivity (Wildman–Crippen MR) is 74.9 cm³/mol. The van der Waals surface area contributed by atoms with Crippen LogP contribution in [-0.2, 0) is 5.75 Å². The number of carbonyl (C=O) groups is 1. The van der Waals surface area contributed by atoms with E-state index in [0.717, 1.165) is 15.3 Å². The Morgan fingerprint density at radius 2 is 2.17 bits per heavy atom. The van der Waals surface area contributed by atoms with E-state index in [2.05, 4.69) is 27.0 Å². The molecule has 1 aromatic heterocycles. The highest BCUT2D eigenvalue weighted by Crippen LogP contribution is 2.22. The van der Waals surface area contributed by atoms with Crippen molar-refractivity contribution in [3.05, 3.63) is 58.2 Å². The van der Waals surface area contributed by atoms with Crippen molar-refractivity contribution in [3.63, 3.8) is 0 Å². The molecule has 0 saturated heterocycles. The normalized spacial score (nSPS) is 10.3. The van der Waals surface area contributed by atoms with Crippen LogP contribution in [0.25, 0.3) is 0 Å². The zero-order valence-electron chi connectivity index (χ0n) is 9.34. The Hall–Kier alpha value is -1.33. The summed E-state index contributed by atoms with van der Waals surface area (Å²) in [5, 5.41) is 9.58. The summed E-state index contributed by atoms with van der Waals surface area (Å²) in [4.78, 5) is 14.8. The van der Waals surface area contributed by atoms with Crippen LogP contribution in [0.3, 0.4) is 0 Å². The quantitative estimate of drug-likeness (QED) is 0.868. The fourth-order valence-corrected chi connectivity index (χ4v) is 2.61. The third-order valence-corrected chi connectivity index (χ3v) is 3.77. The maximum atomic E-state index is 10.7. The largest absolute Gasteiger partial charge is 0.478 e. The van der Waals surface area contributed by atoms with Gasteiger partial charge in [0.05, 0.1) is 10.6 Å². The third kappa shape index (κ3) is 3.58. The van der Waals surface area contributed by atoms with Crippen LogP contribution in [0.15, 0.2) is 52.1 Å². The summed E-state index contributed by atoms with van der Waals surface area (Å²) in [5.74, 6) is -0.148. The van der Waals surface area contributed by atoms with Gasteiger partial charge in [0.2, 0.25) is 0 Å². The maximum Gasteiger partial charge on any atom is 0.337 e. The second-order valence-electron chi connectivity index (χ2n) is 3.61. The first kappa shape index (κ1) is 13.1. The van der Waals surface area contributed by atoms with Gasteiger partial charge < -0.3 is 5.11 Å². The summed E-state index contributed by atoms with van der Waals surface area (Å²) < 4.78 is 1.05. The molecular weight excluding hydrogens is 314 g/mol. The van der Waals surface area contributed by atoms with E-state index in [9.17, 15) is 4.79 Å². The first-order chi connectivity index (χ1) is 8.65. The Bertz CT molecular complexity index is 557. The van der Waals surface area contributed by atoms with Crippen LogP contribution in [0.4, 0.5) is 0 Å². The Morgan fingerprint density at radius 3 is 2.78 bits per heavy atom. The molecule has 0 fully saturated rings. The molecule has 5 heteroatoms.